The number of rotatable bonds is 6. The standard InChI is InChI=1S/C22H24N4O3S/c1-15-24-21(29-25-15)17-4-6-18(7-5-17)22(28)26-12-9-16(10-13-26)20(27)23-11-8-19-3-2-14-30-19/h2-7,14,16H,8-13H2,1H3,(H,23,27). The Hall–Kier alpha value is -3.00. The number of nitrogens with one attached hydrogen (secondary N) is 1. The van der Waals surface area contributed by atoms with Gasteiger partial charge >= 0.3 is 0 Å². The first-order chi connectivity index (χ1) is 14.6. The molecule has 2 amide bonds. The van der Waals surface area contributed by atoms with Crippen molar-refractivity contribution < 1.29 is 14.1 Å². The molecule has 3 heterocycles. The smallest absolute Gasteiger partial charge is 0.257 e. The Kier molecular flexibility index (Phi) is 6.23. The van der Waals surface area contributed by atoms with Crippen LogP contribution in [0.25, 0.3) is 11.5 Å². The van der Waals surface area contributed by atoms with Gasteiger partial charge in [-0.25, -0.2) is 0 Å². The Bertz CT molecular complexity index is 990. The number of hydrogen-bond acceptors (Lipinski definition) is 6. The number of thiophene rings is 1. The second kappa shape index (κ2) is 9.21. The fourth-order valence-electron chi connectivity index (χ4n) is 3.61. The van der Waals surface area contributed by atoms with E-state index in [9.17, 15) is 9.59 Å². The number of hydrogen-bond donors (Lipinski definition) is 1. The third-order valence-corrected chi connectivity index (χ3v) is 6.25. The molecule has 0 atom stereocenters. The molecule has 0 bridgehead atoms. The van der Waals surface area contributed by atoms with Crippen molar-refractivity contribution in [3.05, 3.63) is 58.0 Å². The van der Waals surface area contributed by atoms with Gasteiger partial charge in [-0.1, -0.05) is 11.2 Å². The molecule has 1 aliphatic rings. The van der Waals surface area contributed by atoms with E-state index in [1.165, 1.54) is 4.88 Å². The summed E-state index contributed by atoms with van der Waals surface area (Å²) in [6, 6.07) is 11.3. The largest absolute Gasteiger partial charge is 0.355 e. The van der Waals surface area contributed by atoms with Crippen LogP contribution >= 0.6 is 11.3 Å². The molecule has 1 fully saturated rings. The highest BCUT2D eigenvalue weighted by Crippen LogP contribution is 2.22. The summed E-state index contributed by atoms with van der Waals surface area (Å²) in [7, 11) is 0. The third kappa shape index (κ3) is 4.76. The summed E-state index contributed by atoms with van der Waals surface area (Å²) >= 11 is 1.70. The van der Waals surface area contributed by atoms with E-state index in [-0.39, 0.29) is 17.7 Å². The Morgan fingerprint density at radius 1 is 1.20 bits per heavy atom. The molecular weight excluding hydrogens is 400 g/mol. The summed E-state index contributed by atoms with van der Waals surface area (Å²) in [6.45, 7) is 3.60. The van der Waals surface area contributed by atoms with Crippen molar-refractivity contribution in [3.8, 4) is 11.5 Å². The molecule has 4 rings (SSSR count). The first kappa shape index (κ1) is 20.3. The van der Waals surface area contributed by atoms with Crippen molar-refractivity contribution in [1.29, 1.82) is 0 Å². The summed E-state index contributed by atoms with van der Waals surface area (Å²) in [5, 5.41) is 8.86. The third-order valence-electron chi connectivity index (χ3n) is 5.31. The molecule has 0 unspecified atom stereocenters. The number of benzene rings is 1. The second-order valence-electron chi connectivity index (χ2n) is 7.41. The Balaban J connectivity index is 1.26. The van der Waals surface area contributed by atoms with Gasteiger partial charge in [0, 0.05) is 41.6 Å². The van der Waals surface area contributed by atoms with Crippen molar-refractivity contribution in [2.24, 2.45) is 5.92 Å². The maximum Gasteiger partial charge on any atom is 0.257 e. The lowest BCUT2D eigenvalue weighted by atomic mass is 9.95. The predicted molar refractivity (Wildman–Crippen MR) is 114 cm³/mol. The van der Waals surface area contributed by atoms with E-state index in [4.69, 9.17) is 4.52 Å². The molecule has 30 heavy (non-hydrogen) atoms. The number of aromatic nitrogens is 2. The van der Waals surface area contributed by atoms with Gasteiger partial charge < -0.3 is 14.7 Å². The summed E-state index contributed by atoms with van der Waals surface area (Å²) in [5.74, 6) is 1.07. The zero-order valence-electron chi connectivity index (χ0n) is 16.8. The van der Waals surface area contributed by atoms with Gasteiger partial charge in [-0.15, -0.1) is 11.3 Å². The molecule has 0 spiro atoms. The van der Waals surface area contributed by atoms with Crippen molar-refractivity contribution in [2.75, 3.05) is 19.6 Å². The van der Waals surface area contributed by atoms with Crippen LogP contribution in [0.5, 0.6) is 0 Å². The van der Waals surface area contributed by atoms with E-state index in [2.05, 4.69) is 21.5 Å². The average Bonchev–Trinajstić information content (AvgIpc) is 3.45. The van der Waals surface area contributed by atoms with Gasteiger partial charge in [0.25, 0.3) is 11.8 Å². The van der Waals surface area contributed by atoms with Crippen LogP contribution in [-0.4, -0.2) is 46.5 Å². The van der Waals surface area contributed by atoms with Gasteiger partial charge in [-0.3, -0.25) is 9.59 Å². The lowest BCUT2D eigenvalue weighted by molar-refractivity contribution is -0.126. The van der Waals surface area contributed by atoms with E-state index in [1.54, 1.807) is 30.4 Å². The van der Waals surface area contributed by atoms with Crippen molar-refractivity contribution in [3.63, 3.8) is 0 Å². The second-order valence-corrected chi connectivity index (χ2v) is 8.44. The summed E-state index contributed by atoms with van der Waals surface area (Å²) in [4.78, 5) is 32.5. The van der Waals surface area contributed by atoms with E-state index in [0.717, 1.165) is 12.0 Å². The number of nitrogens with zero attached hydrogens (tertiary/aromatic N) is 3. The van der Waals surface area contributed by atoms with E-state index in [0.29, 0.717) is 49.8 Å². The number of amides is 2. The van der Waals surface area contributed by atoms with Crippen LogP contribution in [0.15, 0.2) is 46.3 Å². The Morgan fingerprint density at radius 2 is 1.97 bits per heavy atom. The van der Waals surface area contributed by atoms with Crippen LogP contribution in [-0.2, 0) is 11.2 Å². The lowest BCUT2D eigenvalue weighted by Crippen LogP contribution is -2.43. The molecule has 1 saturated heterocycles. The van der Waals surface area contributed by atoms with E-state index < -0.39 is 0 Å². The van der Waals surface area contributed by atoms with Crippen LogP contribution in [0.2, 0.25) is 0 Å². The minimum atomic E-state index is -0.0273. The first-order valence-electron chi connectivity index (χ1n) is 10.1. The minimum absolute atomic E-state index is 0.0141. The van der Waals surface area contributed by atoms with Gasteiger partial charge in [-0.2, -0.15) is 4.98 Å². The maximum absolute atomic E-state index is 12.8. The molecule has 2 aromatic heterocycles. The van der Waals surface area contributed by atoms with Crippen LogP contribution in [0.4, 0.5) is 0 Å². The molecule has 8 heteroatoms. The zero-order chi connectivity index (χ0) is 20.9. The number of likely N-dealkylation sites (tertiary alicyclic amines) is 1. The van der Waals surface area contributed by atoms with Crippen molar-refractivity contribution in [2.45, 2.75) is 26.2 Å². The van der Waals surface area contributed by atoms with E-state index >= 15 is 0 Å². The summed E-state index contributed by atoms with van der Waals surface area (Å²) in [5.41, 5.74) is 1.40. The predicted octanol–water partition coefficient (Wildman–Crippen LogP) is 3.32. The number of aryl methyl sites for hydroxylation is 1. The van der Waals surface area contributed by atoms with Crippen LogP contribution in [0.1, 0.15) is 33.9 Å². The normalized spacial score (nSPS) is 14.6. The average molecular weight is 425 g/mol. The number of carbonyl (C=O) groups is 2. The molecule has 1 aromatic carbocycles. The van der Waals surface area contributed by atoms with Crippen molar-refractivity contribution in [1.82, 2.24) is 20.4 Å². The fraction of sp³-hybridized carbons (Fsp3) is 0.364. The topological polar surface area (TPSA) is 88.3 Å². The monoisotopic (exact) mass is 424 g/mol. The van der Waals surface area contributed by atoms with E-state index in [1.807, 2.05) is 28.5 Å². The number of piperidine rings is 1. The van der Waals surface area contributed by atoms with Gasteiger partial charge in [0.15, 0.2) is 5.82 Å². The van der Waals surface area contributed by atoms with Crippen LogP contribution in [0.3, 0.4) is 0 Å². The highest BCUT2D eigenvalue weighted by Gasteiger charge is 2.27. The molecule has 3 aromatic rings. The maximum atomic E-state index is 12.8. The molecule has 0 saturated carbocycles. The quantitative estimate of drug-likeness (QED) is 0.656. The molecule has 0 radical (unpaired) electrons. The Morgan fingerprint density at radius 3 is 2.60 bits per heavy atom. The Labute approximate surface area is 179 Å². The van der Waals surface area contributed by atoms with Gasteiger partial charge in [0.2, 0.25) is 5.91 Å². The summed E-state index contributed by atoms with van der Waals surface area (Å²) in [6.07, 6.45) is 2.24. The number of carbonyl (C=O) groups excluding carboxylic acids is 2. The van der Waals surface area contributed by atoms with Gasteiger partial charge in [0.1, 0.15) is 0 Å². The lowest BCUT2D eigenvalue weighted by Gasteiger charge is -2.31. The highest BCUT2D eigenvalue weighted by molar-refractivity contribution is 7.09. The SMILES string of the molecule is Cc1noc(-c2ccc(C(=O)N3CCC(C(=O)NCCc4cccs4)CC3)cc2)n1. The molecule has 1 aliphatic heterocycles. The summed E-state index contributed by atoms with van der Waals surface area (Å²) < 4.78 is 5.16. The molecule has 156 valence electrons. The fourth-order valence-corrected chi connectivity index (χ4v) is 4.31. The van der Waals surface area contributed by atoms with Crippen LogP contribution in [0, 0.1) is 12.8 Å². The first-order valence-corrected chi connectivity index (χ1v) is 11.0. The van der Waals surface area contributed by atoms with Crippen molar-refractivity contribution >= 4 is 23.2 Å². The van der Waals surface area contributed by atoms with Gasteiger partial charge in [0.05, 0.1) is 0 Å². The molecule has 0 aliphatic carbocycles. The minimum Gasteiger partial charge on any atom is -0.355 e. The molecular formula is C22H24N4O3S. The van der Waals surface area contributed by atoms with Crippen LogP contribution < -0.4 is 5.32 Å². The highest BCUT2D eigenvalue weighted by atomic mass is 32.1. The molecule has 1 N–H and O–H groups in total. The molecule has 7 nitrogen and oxygen atoms in total. The van der Waals surface area contributed by atoms with Gasteiger partial charge in [-0.05, 0) is 61.9 Å². The zero-order valence-corrected chi connectivity index (χ0v) is 17.7.